The van der Waals surface area contributed by atoms with Gasteiger partial charge in [-0.15, -0.1) is 0 Å². The molecule has 1 rings (SSSR count). The van der Waals surface area contributed by atoms with E-state index in [9.17, 15) is 5.11 Å². The first-order chi connectivity index (χ1) is 6.43. The highest BCUT2D eigenvalue weighted by molar-refractivity contribution is 6.31. The van der Waals surface area contributed by atoms with Crippen LogP contribution in [-0.2, 0) is 12.6 Å². The third kappa shape index (κ3) is 1.66. The smallest absolute Gasteiger partial charge is 0.110 e. The summed E-state index contributed by atoms with van der Waals surface area (Å²) >= 11 is 6.01. The molecule has 1 heterocycles. The molecular formula is C10H17ClN2O. The number of aromatic nitrogens is 2. The summed E-state index contributed by atoms with van der Waals surface area (Å²) in [4.78, 5) is 0. The molecular weight excluding hydrogens is 200 g/mol. The molecule has 1 unspecified atom stereocenters. The van der Waals surface area contributed by atoms with Crippen molar-refractivity contribution in [2.75, 3.05) is 0 Å². The van der Waals surface area contributed by atoms with Crippen molar-refractivity contribution in [3.63, 3.8) is 0 Å². The first kappa shape index (κ1) is 11.5. The van der Waals surface area contributed by atoms with Gasteiger partial charge in [-0.05, 0) is 12.3 Å². The Labute approximate surface area is 89.7 Å². The number of aryl methyl sites for hydroxylation is 1. The second kappa shape index (κ2) is 3.91. The lowest BCUT2D eigenvalue weighted by molar-refractivity contribution is -0.0212. The molecule has 0 fully saturated rings. The van der Waals surface area contributed by atoms with Gasteiger partial charge in [0.05, 0.1) is 16.9 Å². The van der Waals surface area contributed by atoms with Crippen LogP contribution in [0.25, 0.3) is 0 Å². The van der Waals surface area contributed by atoms with Crippen molar-refractivity contribution in [3.05, 3.63) is 16.9 Å². The number of halogens is 1. The monoisotopic (exact) mass is 216 g/mol. The fraction of sp³-hybridized carbons (Fsp3) is 0.700. The van der Waals surface area contributed by atoms with Crippen LogP contribution >= 0.6 is 11.6 Å². The standard InChI is InChI=1S/C10H17ClN2O/c1-5-10(14,7(2)3)9-8(11)6-12-13(9)4/h6-7,14H,5H2,1-4H3. The second-order valence-electron chi connectivity index (χ2n) is 3.90. The molecule has 0 amide bonds. The lowest BCUT2D eigenvalue weighted by Crippen LogP contribution is -2.33. The van der Waals surface area contributed by atoms with Crippen molar-refractivity contribution in [2.24, 2.45) is 13.0 Å². The predicted molar refractivity (Wildman–Crippen MR) is 57.2 cm³/mol. The van der Waals surface area contributed by atoms with E-state index in [-0.39, 0.29) is 5.92 Å². The highest BCUT2D eigenvalue weighted by Gasteiger charge is 2.35. The number of nitrogens with zero attached hydrogens (tertiary/aromatic N) is 2. The molecule has 0 bridgehead atoms. The molecule has 0 aromatic carbocycles. The maximum absolute atomic E-state index is 10.5. The van der Waals surface area contributed by atoms with Gasteiger partial charge in [0.2, 0.25) is 0 Å². The van der Waals surface area contributed by atoms with Crippen molar-refractivity contribution in [1.82, 2.24) is 9.78 Å². The number of hydrogen-bond donors (Lipinski definition) is 1. The summed E-state index contributed by atoms with van der Waals surface area (Å²) in [6.45, 7) is 5.91. The molecule has 80 valence electrons. The molecule has 3 nitrogen and oxygen atoms in total. The minimum absolute atomic E-state index is 0.111. The van der Waals surface area contributed by atoms with Crippen molar-refractivity contribution in [3.8, 4) is 0 Å². The summed E-state index contributed by atoms with van der Waals surface area (Å²) in [5.41, 5.74) is -0.181. The van der Waals surface area contributed by atoms with Gasteiger partial charge in [0, 0.05) is 7.05 Å². The van der Waals surface area contributed by atoms with E-state index >= 15 is 0 Å². The molecule has 0 aliphatic rings. The summed E-state index contributed by atoms with van der Waals surface area (Å²) in [5.74, 6) is 0.111. The molecule has 0 aliphatic carbocycles. The van der Waals surface area contributed by atoms with Crippen LogP contribution in [0, 0.1) is 5.92 Å². The van der Waals surface area contributed by atoms with Crippen LogP contribution in [0.15, 0.2) is 6.20 Å². The van der Waals surface area contributed by atoms with Crippen LogP contribution in [0.5, 0.6) is 0 Å². The first-order valence-electron chi connectivity index (χ1n) is 4.83. The van der Waals surface area contributed by atoms with Gasteiger partial charge in [-0.1, -0.05) is 32.4 Å². The van der Waals surface area contributed by atoms with Gasteiger partial charge in [-0.3, -0.25) is 4.68 Å². The van der Waals surface area contributed by atoms with E-state index in [4.69, 9.17) is 11.6 Å². The van der Waals surface area contributed by atoms with Crippen LogP contribution in [-0.4, -0.2) is 14.9 Å². The molecule has 0 saturated heterocycles. The van der Waals surface area contributed by atoms with Crippen molar-refractivity contribution in [1.29, 1.82) is 0 Å². The maximum Gasteiger partial charge on any atom is 0.110 e. The SMILES string of the molecule is CCC(O)(c1c(Cl)cnn1C)C(C)C. The Morgan fingerprint density at radius 1 is 1.64 bits per heavy atom. The van der Waals surface area contributed by atoms with E-state index in [0.29, 0.717) is 17.1 Å². The normalized spacial score (nSPS) is 15.9. The fourth-order valence-corrected chi connectivity index (χ4v) is 2.08. The van der Waals surface area contributed by atoms with Crippen LogP contribution in [0.2, 0.25) is 5.02 Å². The highest BCUT2D eigenvalue weighted by Crippen LogP contribution is 2.36. The Morgan fingerprint density at radius 3 is 2.50 bits per heavy atom. The van der Waals surface area contributed by atoms with Gasteiger partial charge >= 0.3 is 0 Å². The Bertz CT molecular complexity index is 302. The van der Waals surface area contributed by atoms with Gasteiger partial charge in [0.15, 0.2) is 0 Å². The Morgan fingerprint density at radius 2 is 2.21 bits per heavy atom. The molecule has 1 atom stereocenters. The third-order valence-corrected chi connectivity index (χ3v) is 3.07. The van der Waals surface area contributed by atoms with Gasteiger partial charge in [-0.2, -0.15) is 5.10 Å². The van der Waals surface area contributed by atoms with Gasteiger partial charge in [0.1, 0.15) is 5.60 Å². The van der Waals surface area contributed by atoms with Crippen molar-refractivity contribution < 1.29 is 5.11 Å². The van der Waals surface area contributed by atoms with E-state index in [1.54, 1.807) is 17.9 Å². The lowest BCUT2D eigenvalue weighted by atomic mass is 9.84. The van der Waals surface area contributed by atoms with Crippen LogP contribution < -0.4 is 0 Å². The molecule has 1 aromatic rings. The second-order valence-corrected chi connectivity index (χ2v) is 4.30. The zero-order valence-electron chi connectivity index (χ0n) is 9.08. The summed E-state index contributed by atoms with van der Waals surface area (Å²) in [6.07, 6.45) is 2.20. The molecule has 1 N–H and O–H groups in total. The minimum atomic E-state index is -0.887. The summed E-state index contributed by atoms with van der Waals surface area (Å²) in [7, 11) is 1.80. The van der Waals surface area contributed by atoms with Crippen LogP contribution in [0.3, 0.4) is 0 Å². The maximum atomic E-state index is 10.5. The molecule has 4 heteroatoms. The molecule has 14 heavy (non-hydrogen) atoms. The number of hydrogen-bond acceptors (Lipinski definition) is 2. The average molecular weight is 217 g/mol. The van der Waals surface area contributed by atoms with Crippen LogP contribution in [0.4, 0.5) is 0 Å². The summed E-state index contributed by atoms with van der Waals surface area (Å²) < 4.78 is 1.64. The quantitative estimate of drug-likeness (QED) is 0.842. The van der Waals surface area contributed by atoms with E-state index in [0.717, 1.165) is 0 Å². The number of rotatable bonds is 3. The van der Waals surface area contributed by atoms with E-state index in [1.165, 1.54) is 0 Å². The molecule has 0 radical (unpaired) electrons. The zero-order chi connectivity index (χ0) is 10.9. The average Bonchev–Trinajstić information content (AvgIpc) is 2.45. The van der Waals surface area contributed by atoms with Crippen molar-refractivity contribution >= 4 is 11.6 Å². The highest BCUT2D eigenvalue weighted by atomic mass is 35.5. The third-order valence-electron chi connectivity index (χ3n) is 2.80. The minimum Gasteiger partial charge on any atom is -0.383 e. The Kier molecular flexibility index (Phi) is 3.22. The van der Waals surface area contributed by atoms with E-state index in [2.05, 4.69) is 5.10 Å². The molecule has 0 spiro atoms. The topological polar surface area (TPSA) is 38.1 Å². The van der Waals surface area contributed by atoms with E-state index < -0.39 is 5.60 Å². The number of aliphatic hydroxyl groups is 1. The Balaban J connectivity index is 3.25. The lowest BCUT2D eigenvalue weighted by Gasteiger charge is -2.31. The van der Waals surface area contributed by atoms with Crippen LogP contribution in [0.1, 0.15) is 32.9 Å². The first-order valence-corrected chi connectivity index (χ1v) is 5.21. The molecule has 0 saturated carbocycles. The van der Waals surface area contributed by atoms with E-state index in [1.807, 2.05) is 20.8 Å². The molecule has 0 aliphatic heterocycles. The fourth-order valence-electron chi connectivity index (χ4n) is 1.75. The van der Waals surface area contributed by atoms with Gasteiger partial charge < -0.3 is 5.11 Å². The largest absolute Gasteiger partial charge is 0.383 e. The van der Waals surface area contributed by atoms with Gasteiger partial charge in [0.25, 0.3) is 0 Å². The summed E-state index contributed by atoms with van der Waals surface area (Å²) in [6, 6.07) is 0. The molecule has 1 aromatic heterocycles. The predicted octanol–water partition coefficient (Wildman–Crippen LogP) is 2.33. The van der Waals surface area contributed by atoms with Gasteiger partial charge in [-0.25, -0.2) is 0 Å². The summed E-state index contributed by atoms with van der Waals surface area (Å²) in [5, 5.41) is 15.0. The van der Waals surface area contributed by atoms with Crippen molar-refractivity contribution in [2.45, 2.75) is 32.8 Å². The Hall–Kier alpha value is -0.540. The zero-order valence-corrected chi connectivity index (χ0v) is 9.84.